The lowest BCUT2D eigenvalue weighted by Crippen LogP contribution is -2.34. The first-order valence-corrected chi connectivity index (χ1v) is 14.7. The van der Waals surface area contributed by atoms with Gasteiger partial charge < -0.3 is 9.32 Å². The Morgan fingerprint density at radius 3 is 1.90 bits per heavy atom. The van der Waals surface area contributed by atoms with Crippen LogP contribution in [0.2, 0.25) is 10.0 Å². The molecule has 0 aliphatic heterocycles. The molecule has 1 aliphatic rings. The normalized spacial score (nSPS) is 15.5. The summed E-state index contributed by atoms with van der Waals surface area (Å²) in [5.41, 5.74) is 7.60. The lowest BCUT2D eigenvalue weighted by molar-refractivity contribution is 0.0696. The molecule has 0 fully saturated rings. The van der Waals surface area contributed by atoms with Crippen LogP contribution in [0.25, 0.3) is 0 Å². The Morgan fingerprint density at radius 1 is 0.800 bits per heavy atom. The van der Waals surface area contributed by atoms with E-state index in [2.05, 4.69) is 46.8 Å². The van der Waals surface area contributed by atoms with Crippen molar-refractivity contribution in [3.63, 3.8) is 0 Å². The van der Waals surface area contributed by atoms with Crippen molar-refractivity contribution in [2.24, 2.45) is 0 Å². The third-order valence-corrected chi connectivity index (χ3v) is 8.83. The second kappa shape index (κ2) is 11.1. The zero-order chi connectivity index (χ0) is 28.7. The average molecular weight is 575 g/mol. The lowest BCUT2D eigenvalue weighted by Gasteiger charge is -2.42. The molecule has 0 radical (unpaired) electrons. The largest absolute Gasteiger partial charge is 0.456 e. The molecule has 5 rings (SSSR count). The maximum Gasteiger partial charge on any atom is 0.290 e. The number of hydrogen-bond acceptors (Lipinski definition) is 2. The van der Waals surface area contributed by atoms with Crippen LogP contribution in [0.4, 0.5) is 0 Å². The molecule has 0 spiro atoms. The summed E-state index contributed by atoms with van der Waals surface area (Å²) in [7, 11) is 0. The van der Waals surface area contributed by atoms with Gasteiger partial charge in [-0.15, -0.1) is 0 Å². The Labute approximate surface area is 248 Å². The third kappa shape index (κ3) is 6.16. The number of furan rings is 1. The van der Waals surface area contributed by atoms with Crippen molar-refractivity contribution in [1.82, 2.24) is 4.90 Å². The Kier molecular flexibility index (Phi) is 7.92. The van der Waals surface area contributed by atoms with Crippen molar-refractivity contribution in [2.75, 3.05) is 0 Å². The SMILES string of the molecule is Cc1cc2c(cc1Cc1ccc(C(=O)N(Cc3cccc(Cl)c3)Cc3cccc(Cl)c3)o1)C(C)(C)CCC2(C)C. The van der Waals surface area contributed by atoms with E-state index in [4.69, 9.17) is 27.6 Å². The smallest absolute Gasteiger partial charge is 0.290 e. The Morgan fingerprint density at radius 2 is 1.35 bits per heavy atom. The minimum atomic E-state index is -0.170. The van der Waals surface area contributed by atoms with E-state index in [9.17, 15) is 4.79 Å². The molecule has 1 heterocycles. The molecule has 4 aromatic rings. The molecular weight excluding hydrogens is 537 g/mol. The topological polar surface area (TPSA) is 33.5 Å². The molecule has 5 heteroatoms. The molecule has 0 N–H and O–H groups in total. The van der Waals surface area contributed by atoms with Gasteiger partial charge in [0.15, 0.2) is 5.76 Å². The highest BCUT2D eigenvalue weighted by molar-refractivity contribution is 6.30. The Balaban J connectivity index is 1.41. The summed E-state index contributed by atoms with van der Waals surface area (Å²) >= 11 is 12.5. The van der Waals surface area contributed by atoms with Gasteiger partial charge in [-0.05, 0) is 100 Å². The van der Waals surface area contributed by atoms with Gasteiger partial charge in [0.25, 0.3) is 5.91 Å². The number of nitrogens with zero attached hydrogens (tertiary/aromatic N) is 1. The number of aryl methyl sites for hydroxylation is 1. The van der Waals surface area contributed by atoms with Crippen LogP contribution in [-0.2, 0) is 30.3 Å². The maximum absolute atomic E-state index is 13.8. The maximum atomic E-state index is 13.8. The van der Waals surface area contributed by atoms with E-state index in [1.807, 2.05) is 54.6 Å². The summed E-state index contributed by atoms with van der Waals surface area (Å²) in [5.74, 6) is 0.942. The molecule has 1 aliphatic carbocycles. The minimum Gasteiger partial charge on any atom is -0.456 e. The number of fused-ring (bicyclic) bond motifs is 1. The minimum absolute atomic E-state index is 0.138. The monoisotopic (exact) mass is 573 g/mol. The molecule has 0 bridgehead atoms. The van der Waals surface area contributed by atoms with E-state index in [1.54, 1.807) is 11.0 Å². The fourth-order valence-corrected chi connectivity index (χ4v) is 6.23. The predicted molar refractivity (Wildman–Crippen MR) is 164 cm³/mol. The first kappa shape index (κ1) is 28.5. The van der Waals surface area contributed by atoms with Crippen LogP contribution in [0, 0.1) is 6.92 Å². The summed E-state index contributed by atoms with van der Waals surface area (Å²) in [6.45, 7) is 12.4. The van der Waals surface area contributed by atoms with Crippen LogP contribution >= 0.6 is 23.2 Å². The first-order valence-electron chi connectivity index (χ1n) is 13.9. The van der Waals surface area contributed by atoms with E-state index in [0.717, 1.165) is 16.9 Å². The van der Waals surface area contributed by atoms with Crippen molar-refractivity contribution in [3.8, 4) is 0 Å². The van der Waals surface area contributed by atoms with Crippen LogP contribution in [0.5, 0.6) is 0 Å². The van der Waals surface area contributed by atoms with E-state index in [-0.39, 0.29) is 16.7 Å². The van der Waals surface area contributed by atoms with Crippen molar-refractivity contribution in [2.45, 2.75) is 77.8 Å². The van der Waals surface area contributed by atoms with Gasteiger partial charge in [0.1, 0.15) is 5.76 Å². The van der Waals surface area contributed by atoms with E-state index in [0.29, 0.717) is 35.3 Å². The van der Waals surface area contributed by atoms with Gasteiger partial charge in [0.2, 0.25) is 0 Å². The number of carbonyl (C=O) groups is 1. The summed E-state index contributed by atoms with van der Waals surface area (Å²) in [4.78, 5) is 15.5. The molecule has 0 saturated heterocycles. The zero-order valence-electron chi connectivity index (χ0n) is 24.0. The zero-order valence-corrected chi connectivity index (χ0v) is 25.5. The lowest BCUT2D eigenvalue weighted by atomic mass is 9.62. The molecular formula is C35H37Cl2NO2. The Bertz CT molecular complexity index is 1500. The number of benzene rings is 3. The average Bonchev–Trinajstić information content (AvgIpc) is 3.36. The number of rotatable bonds is 7. The van der Waals surface area contributed by atoms with Crippen LogP contribution in [-0.4, -0.2) is 10.8 Å². The number of carbonyl (C=O) groups excluding carboxylic acids is 1. The van der Waals surface area contributed by atoms with Crippen molar-refractivity contribution in [1.29, 1.82) is 0 Å². The van der Waals surface area contributed by atoms with Crippen molar-refractivity contribution in [3.05, 3.63) is 128 Å². The molecule has 0 atom stereocenters. The van der Waals surface area contributed by atoms with E-state index >= 15 is 0 Å². The van der Waals surface area contributed by atoms with Gasteiger partial charge in [-0.25, -0.2) is 0 Å². The second-order valence-corrected chi connectivity index (χ2v) is 13.3. The van der Waals surface area contributed by atoms with E-state index in [1.165, 1.54) is 35.1 Å². The quantitative estimate of drug-likeness (QED) is 0.220. The third-order valence-electron chi connectivity index (χ3n) is 8.36. The second-order valence-electron chi connectivity index (χ2n) is 12.5. The standard InChI is InChI=1S/C35H37Cl2NO2/c1-23-16-30-31(35(4,5)15-14-34(30,2)3)20-26(23)19-29-12-13-32(40-29)33(39)38(21-24-8-6-10-27(36)17-24)22-25-9-7-11-28(37)18-25/h6-13,16-18,20H,14-15,19,21-22H2,1-5H3. The first-order chi connectivity index (χ1) is 18.9. The summed E-state index contributed by atoms with van der Waals surface area (Å²) in [6, 6.07) is 23.6. The van der Waals surface area contributed by atoms with E-state index < -0.39 is 0 Å². The van der Waals surface area contributed by atoms with Gasteiger partial charge >= 0.3 is 0 Å². The highest BCUT2D eigenvalue weighted by Gasteiger charge is 2.37. The fraction of sp³-hybridized carbons (Fsp3) is 0.343. The molecule has 1 aromatic heterocycles. The molecule has 208 valence electrons. The van der Waals surface area contributed by atoms with Crippen molar-refractivity contribution >= 4 is 29.1 Å². The van der Waals surface area contributed by atoms with Crippen LogP contribution < -0.4 is 0 Å². The number of hydrogen-bond donors (Lipinski definition) is 0. The molecule has 0 saturated carbocycles. The van der Waals surface area contributed by atoms with Crippen LogP contribution in [0.15, 0.2) is 77.2 Å². The van der Waals surface area contributed by atoms with Crippen LogP contribution in [0.3, 0.4) is 0 Å². The fourth-order valence-electron chi connectivity index (χ4n) is 5.80. The van der Waals surface area contributed by atoms with Crippen molar-refractivity contribution < 1.29 is 9.21 Å². The Hall–Kier alpha value is -3.01. The number of halogens is 2. The summed E-state index contributed by atoms with van der Waals surface area (Å²) in [5, 5.41) is 1.28. The highest BCUT2D eigenvalue weighted by Crippen LogP contribution is 2.46. The molecule has 0 unspecified atom stereocenters. The number of amides is 1. The van der Waals surface area contributed by atoms with Gasteiger partial charge in [-0.1, -0.05) is 87.3 Å². The molecule has 3 nitrogen and oxygen atoms in total. The van der Waals surface area contributed by atoms with Gasteiger partial charge in [-0.2, -0.15) is 0 Å². The van der Waals surface area contributed by atoms with Crippen LogP contribution in [0.1, 0.15) is 90.2 Å². The summed E-state index contributed by atoms with van der Waals surface area (Å²) in [6.07, 6.45) is 3.01. The summed E-state index contributed by atoms with van der Waals surface area (Å²) < 4.78 is 6.20. The highest BCUT2D eigenvalue weighted by atomic mass is 35.5. The van der Waals surface area contributed by atoms with Gasteiger partial charge in [0.05, 0.1) is 0 Å². The molecule has 3 aromatic carbocycles. The predicted octanol–water partition coefficient (Wildman–Crippen LogP) is 9.68. The van der Waals surface area contributed by atoms with Gasteiger partial charge in [-0.3, -0.25) is 4.79 Å². The molecule has 1 amide bonds. The van der Waals surface area contributed by atoms with Gasteiger partial charge in [0, 0.05) is 29.6 Å². The molecule has 40 heavy (non-hydrogen) atoms.